The van der Waals surface area contributed by atoms with Gasteiger partial charge in [0.2, 0.25) is 0 Å². The van der Waals surface area contributed by atoms with Crippen LogP contribution in [0, 0.1) is 13.8 Å². The summed E-state index contributed by atoms with van der Waals surface area (Å²) in [5, 5.41) is 1.01. The first kappa shape index (κ1) is 11.7. The molecule has 2 aromatic rings. The van der Waals surface area contributed by atoms with Crippen LogP contribution >= 0.6 is 27.7 Å². The molecule has 0 saturated carbocycles. The summed E-state index contributed by atoms with van der Waals surface area (Å²) in [6.45, 7) is 4.14. The summed E-state index contributed by atoms with van der Waals surface area (Å²) in [5.41, 5.74) is 2.44. The molecule has 0 unspecified atom stereocenters. The molecule has 16 heavy (non-hydrogen) atoms. The summed E-state index contributed by atoms with van der Waals surface area (Å²) in [5.74, 6) is 0. The molecule has 3 heteroatoms. The Hall–Kier alpha value is -0.800. The van der Waals surface area contributed by atoms with Gasteiger partial charge in [-0.25, -0.2) is 4.98 Å². The molecular formula is C13H12BrNS. The van der Waals surface area contributed by atoms with E-state index in [9.17, 15) is 0 Å². The Kier molecular flexibility index (Phi) is 3.66. The molecule has 2 rings (SSSR count). The van der Waals surface area contributed by atoms with Crippen LogP contribution in [-0.4, -0.2) is 4.98 Å². The van der Waals surface area contributed by atoms with Gasteiger partial charge in [-0.1, -0.05) is 29.5 Å². The van der Waals surface area contributed by atoms with Crippen molar-refractivity contribution in [3.05, 3.63) is 52.1 Å². The second kappa shape index (κ2) is 5.02. The molecule has 0 amide bonds. The zero-order valence-corrected chi connectivity index (χ0v) is 11.6. The Balaban J connectivity index is 2.27. The molecule has 0 aliphatic carbocycles. The molecule has 82 valence electrons. The lowest BCUT2D eigenvalue weighted by atomic mass is 10.2. The first-order valence-electron chi connectivity index (χ1n) is 5.02. The highest BCUT2D eigenvalue weighted by Crippen LogP contribution is 2.32. The van der Waals surface area contributed by atoms with Crippen molar-refractivity contribution in [2.75, 3.05) is 0 Å². The zero-order chi connectivity index (χ0) is 11.5. The van der Waals surface area contributed by atoms with E-state index in [0.717, 1.165) is 9.50 Å². The van der Waals surface area contributed by atoms with Gasteiger partial charge >= 0.3 is 0 Å². The number of benzene rings is 1. The first-order valence-corrected chi connectivity index (χ1v) is 6.63. The van der Waals surface area contributed by atoms with Crippen molar-refractivity contribution in [2.45, 2.75) is 23.8 Å². The molecule has 0 aliphatic heterocycles. The summed E-state index contributed by atoms with van der Waals surface area (Å²) in [6, 6.07) is 10.5. The molecule has 0 radical (unpaired) electrons. The zero-order valence-electron chi connectivity index (χ0n) is 9.20. The van der Waals surface area contributed by atoms with Gasteiger partial charge in [0.05, 0.1) is 4.47 Å². The number of hydrogen-bond donors (Lipinski definition) is 0. The summed E-state index contributed by atoms with van der Waals surface area (Å²) in [6.07, 6.45) is 1.89. The lowest BCUT2D eigenvalue weighted by Gasteiger charge is -2.04. The van der Waals surface area contributed by atoms with E-state index < -0.39 is 0 Å². The molecule has 0 saturated heterocycles. The van der Waals surface area contributed by atoms with E-state index in [1.165, 1.54) is 16.0 Å². The molecule has 1 aromatic carbocycles. The van der Waals surface area contributed by atoms with E-state index in [1.54, 1.807) is 11.8 Å². The highest BCUT2D eigenvalue weighted by molar-refractivity contribution is 9.10. The summed E-state index contributed by atoms with van der Waals surface area (Å²) in [4.78, 5) is 5.64. The molecular weight excluding hydrogens is 282 g/mol. The second-order valence-electron chi connectivity index (χ2n) is 3.72. The molecule has 0 bridgehead atoms. The fourth-order valence-corrected chi connectivity index (χ4v) is 2.97. The summed E-state index contributed by atoms with van der Waals surface area (Å²) < 4.78 is 1.05. The molecule has 0 fully saturated rings. The summed E-state index contributed by atoms with van der Waals surface area (Å²) >= 11 is 5.22. The Morgan fingerprint density at radius 2 is 1.94 bits per heavy atom. The molecule has 0 N–H and O–H groups in total. The largest absolute Gasteiger partial charge is 0.248 e. The topological polar surface area (TPSA) is 12.9 Å². The predicted molar refractivity (Wildman–Crippen MR) is 72.0 cm³/mol. The highest BCUT2D eigenvalue weighted by atomic mass is 79.9. The number of hydrogen-bond acceptors (Lipinski definition) is 2. The Morgan fingerprint density at radius 3 is 2.62 bits per heavy atom. The van der Waals surface area contributed by atoms with Crippen LogP contribution in [0.25, 0.3) is 0 Å². The average molecular weight is 294 g/mol. The van der Waals surface area contributed by atoms with Gasteiger partial charge in [-0.15, -0.1) is 0 Å². The van der Waals surface area contributed by atoms with E-state index in [-0.39, 0.29) is 0 Å². The fraction of sp³-hybridized carbons (Fsp3) is 0.154. The monoisotopic (exact) mass is 293 g/mol. The van der Waals surface area contributed by atoms with Crippen LogP contribution in [0.5, 0.6) is 0 Å². The van der Waals surface area contributed by atoms with Gasteiger partial charge in [-0.3, -0.25) is 0 Å². The maximum Gasteiger partial charge on any atom is 0.115 e. The van der Waals surface area contributed by atoms with Gasteiger partial charge < -0.3 is 0 Å². The third kappa shape index (κ3) is 2.86. The average Bonchev–Trinajstić information content (AvgIpc) is 2.22. The maximum atomic E-state index is 4.42. The highest BCUT2D eigenvalue weighted by Gasteiger charge is 2.04. The van der Waals surface area contributed by atoms with E-state index in [4.69, 9.17) is 0 Å². The van der Waals surface area contributed by atoms with Crippen LogP contribution in [0.4, 0.5) is 0 Å². The Morgan fingerprint density at radius 1 is 1.12 bits per heavy atom. The van der Waals surface area contributed by atoms with Crippen molar-refractivity contribution >= 4 is 27.7 Å². The SMILES string of the molecule is Cc1cccc(Sc2ncc(C)cc2Br)c1. The third-order valence-corrected chi connectivity index (χ3v) is 4.02. The van der Waals surface area contributed by atoms with Crippen LogP contribution in [0.2, 0.25) is 0 Å². The van der Waals surface area contributed by atoms with Gasteiger partial charge in [-0.05, 0) is 53.5 Å². The van der Waals surface area contributed by atoms with Crippen LogP contribution in [0.1, 0.15) is 11.1 Å². The van der Waals surface area contributed by atoms with Gasteiger partial charge in [0.15, 0.2) is 0 Å². The second-order valence-corrected chi connectivity index (χ2v) is 5.63. The fourth-order valence-electron chi connectivity index (χ4n) is 1.39. The molecule has 0 spiro atoms. The van der Waals surface area contributed by atoms with Crippen molar-refractivity contribution in [3.8, 4) is 0 Å². The molecule has 1 heterocycles. The van der Waals surface area contributed by atoms with E-state index in [0.29, 0.717) is 0 Å². The van der Waals surface area contributed by atoms with Gasteiger partial charge in [-0.2, -0.15) is 0 Å². The van der Waals surface area contributed by atoms with Crippen molar-refractivity contribution in [1.29, 1.82) is 0 Å². The van der Waals surface area contributed by atoms with Crippen LogP contribution < -0.4 is 0 Å². The molecule has 1 nitrogen and oxygen atoms in total. The van der Waals surface area contributed by atoms with Gasteiger partial charge in [0.1, 0.15) is 5.03 Å². The van der Waals surface area contributed by atoms with Crippen molar-refractivity contribution in [1.82, 2.24) is 4.98 Å². The number of nitrogens with zero attached hydrogens (tertiary/aromatic N) is 1. The van der Waals surface area contributed by atoms with Crippen molar-refractivity contribution in [3.63, 3.8) is 0 Å². The molecule has 1 aromatic heterocycles. The minimum Gasteiger partial charge on any atom is -0.248 e. The minimum atomic E-state index is 1.01. The number of halogens is 1. The first-order chi connectivity index (χ1) is 7.65. The number of rotatable bonds is 2. The number of pyridine rings is 1. The van der Waals surface area contributed by atoms with E-state index in [1.807, 2.05) is 13.1 Å². The molecule has 0 aliphatic rings. The predicted octanol–water partition coefficient (Wildman–Crippen LogP) is 4.61. The lowest BCUT2D eigenvalue weighted by molar-refractivity contribution is 1.08. The quantitative estimate of drug-likeness (QED) is 0.802. The van der Waals surface area contributed by atoms with Crippen molar-refractivity contribution in [2.24, 2.45) is 0 Å². The molecule has 0 atom stereocenters. The van der Waals surface area contributed by atoms with Crippen LogP contribution in [0.3, 0.4) is 0 Å². The lowest BCUT2D eigenvalue weighted by Crippen LogP contribution is -1.84. The van der Waals surface area contributed by atoms with Crippen LogP contribution in [0.15, 0.2) is 50.9 Å². The minimum absolute atomic E-state index is 1.01. The number of aromatic nitrogens is 1. The normalized spacial score (nSPS) is 10.4. The van der Waals surface area contributed by atoms with E-state index in [2.05, 4.69) is 58.2 Å². The van der Waals surface area contributed by atoms with Gasteiger partial charge in [0.25, 0.3) is 0 Å². The Bertz CT molecular complexity index is 511. The number of aryl methyl sites for hydroxylation is 2. The van der Waals surface area contributed by atoms with Crippen molar-refractivity contribution < 1.29 is 0 Å². The van der Waals surface area contributed by atoms with E-state index >= 15 is 0 Å². The maximum absolute atomic E-state index is 4.42. The van der Waals surface area contributed by atoms with Gasteiger partial charge in [0, 0.05) is 11.1 Å². The smallest absolute Gasteiger partial charge is 0.115 e. The summed E-state index contributed by atoms with van der Waals surface area (Å²) in [7, 11) is 0. The Labute approximate surface area is 108 Å². The third-order valence-electron chi connectivity index (χ3n) is 2.15. The van der Waals surface area contributed by atoms with Crippen LogP contribution in [-0.2, 0) is 0 Å². The standard InChI is InChI=1S/C13H12BrNS/c1-9-4-3-5-11(6-9)16-13-12(14)7-10(2)8-15-13/h3-8H,1-2H3.